The molecule has 1 aromatic heterocycles. The zero-order chi connectivity index (χ0) is 15.2. The van der Waals surface area contributed by atoms with Gasteiger partial charge in [0.15, 0.2) is 0 Å². The van der Waals surface area contributed by atoms with Gasteiger partial charge in [-0.1, -0.05) is 13.8 Å². The molecule has 0 saturated carbocycles. The Morgan fingerprint density at radius 2 is 2.05 bits per heavy atom. The maximum atomic E-state index is 11.9. The summed E-state index contributed by atoms with van der Waals surface area (Å²) < 4.78 is 26.1. The maximum absolute atomic E-state index is 11.9. The molecule has 0 bridgehead atoms. The fourth-order valence-corrected chi connectivity index (χ4v) is 2.38. The number of nitrogens with one attached hydrogen (secondary N) is 2. The van der Waals surface area contributed by atoms with Gasteiger partial charge >= 0.3 is 0 Å². The highest BCUT2D eigenvalue weighted by Gasteiger charge is 2.15. The van der Waals surface area contributed by atoms with Gasteiger partial charge in [-0.2, -0.15) is 0 Å². The van der Waals surface area contributed by atoms with Crippen LogP contribution in [0.4, 0.5) is 0 Å². The third-order valence-corrected chi connectivity index (χ3v) is 4.42. The van der Waals surface area contributed by atoms with E-state index in [-0.39, 0.29) is 29.8 Å². The molecule has 1 heterocycles. The minimum Gasteiger partial charge on any atom is -0.353 e. The lowest BCUT2D eigenvalue weighted by atomic mass is 10.1. The molecule has 1 rings (SSSR count). The highest BCUT2D eigenvalue weighted by atomic mass is 32.2. The highest BCUT2D eigenvalue weighted by molar-refractivity contribution is 7.89. The van der Waals surface area contributed by atoms with Crippen molar-refractivity contribution in [3.8, 4) is 0 Å². The number of aromatic nitrogens is 1. The van der Waals surface area contributed by atoms with Gasteiger partial charge in [-0.15, -0.1) is 0 Å². The smallest absolute Gasteiger partial charge is 0.242 e. The molecule has 0 fully saturated rings. The lowest BCUT2D eigenvalue weighted by molar-refractivity contribution is -0.121. The largest absolute Gasteiger partial charge is 0.353 e. The molecule has 0 saturated heterocycles. The standard InChI is InChI=1S/C13H21N3O3S/c1-10(2)11(3)16-13(17)6-8-15-20(18,19)12-5-4-7-14-9-12/h4-5,7,9-11,15H,6,8H2,1-3H3,(H,16,17)/t11-/m1/s1. The summed E-state index contributed by atoms with van der Waals surface area (Å²) in [6, 6.07) is 3.07. The van der Waals surface area contributed by atoms with E-state index in [1.165, 1.54) is 18.5 Å². The van der Waals surface area contributed by atoms with Crippen molar-refractivity contribution >= 4 is 15.9 Å². The number of rotatable bonds is 7. The van der Waals surface area contributed by atoms with E-state index < -0.39 is 10.0 Å². The van der Waals surface area contributed by atoms with E-state index in [9.17, 15) is 13.2 Å². The Hall–Kier alpha value is -1.47. The summed E-state index contributed by atoms with van der Waals surface area (Å²) in [7, 11) is -3.59. The summed E-state index contributed by atoms with van der Waals surface area (Å²) in [5.74, 6) is 0.172. The Kier molecular flexibility index (Phi) is 6.09. The zero-order valence-electron chi connectivity index (χ0n) is 12.0. The second kappa shape index (κ2) is 7.35. The van der Waals surface area contributed by atoms with Crippen molar-refractivity contribution in [2.24, 2.45) is 5.92 Å². The van der Waals surface area contributed by atoms with Crippen molar-refractivity contribution < 1.29 is 13.2 Å². The van der Waals surface area contributed by atoms with Gasteiger partial charge in [-0.05, 0) is 25.0 Å². The lowest BCUT2D eigenvalue weighted by Gasteiger charge is -2.17. The minimum absolute atomic E-state index is 0.0634. The van der Waals surface area contributed by atoms with Gasteiger partial charge in [0.05, 0.1) is 0 Å². The van der Waals surface area contributed by atoms with Crippen molar-refractivity contribution in [1.29, 1.82) is 0 Å². The number of sulfonamides is 1. The third-order valence-electron chi connectivity index (χ3n) is 2.98. The molecule has 0 aliphatic heterocycles. The molecular formula is C13H21N3O3S. The van der Waals surface area contributed by atoms with E-state index in [0.717, 1.165) is 0 Å². The molecule has 112 valence electrons. The molecule has 0 aromatic carbocycles. The van der Waals surface area contributed by atoms with Crippen LogP contribution in [0, 0.1) is 5.92 Å². The zero-order valence-corrected chi connectivity index (χ0v) is 12.8. The van der Waals surface area contributed by atoms with Crippen LogP contribution in [0.3, 0.4) is 0 Å². The molecule has 0 aliphatic rings. The molecule has 6 nitrogen and oxygen atoms in total. The SMILES string of the molecule is CC(C)[C@@H](C)NC(=O)CCNS(=O)(=O)c1cccnc1. The average Bonchev–Trinajstić information content (AvgIpc) is 2.39. The molecule has 0 spiro atoms. The molecule has 0 unspecified atom stereocenters. The first-order valence-electron chi connectivity index (χ1n) is 6.52. The minimum atomic E-state index is -3.59. The summed E-state index contributed by atoms with van der Waals surface area (Å²) in [4.78, 5) is 15.5. The Labute approximate surface area is 120 Å². The lowest BCUT2D eigenvalue weighted by Crippen LogP contribution is -2.38. The number of nitrogens with zero attached hydrogens (tertiary/aromatic N) is 1. The number of amides is 1. The number of pyridine rings is 1. The Bertz CT molecular complexity index is 529. The van der Waals surface area contributed by atoms with E-state index in [2.05, 4.69) is 15.0 Å². The summed E-state index contributed by atoms with van der Waals surface area (Å²) >= 11 is 0. The molecule has 1 aromatic rings. The molecule has 1 amide bonds. The molecule has 0 radical (unpaired) electrons. The Morgan fingerprint density at radius 3 is 2.60 bits per heavy atom. The van der Waals surface area contributed by atoms with Crippen molar-refractivity contribution in [1.82, 2.24) is 15.0 Å². The predicted molar refractivity (Wildman–Crippen MR) is 76.5 cm³/mol. The monoisotopic (exact) mass is 299 g/mol. The summed E-state index contributed by atoms with van der Waals surface area (Å²) in [6.45, 7) is 6.00. The maximum Gasteiger partial charge on any atom is 0.242 e. The third kappa shape index (κ3) is 5.26. The number of carbonyl (C=O) groups is 1. The van der Waals surface area contributed by atoms with Gasteiger partial charge < -0.3 is 5.32 Å². The van der Waals surface area contributed by atoms with Gasteiger partial charge in [0, 0.05) is 31.4 Å². The van der Waals surface area contributed by atoms with E-state index in [0.29, 0.717) is 5.92 Å². The van der Waals surface area contributed by atoms with Crippen molar-refractivity contribution in [3.05, 3.63) is 24.5 Å². The summed E-state index contributed by atoms with van der Waals surface area (Å²) in [6.07, 6.45) is 2.87. The predicted octanol–water partition coefficient (Wildman–Crippen LogP) is 0.911. The normalized spacial score (nSPS) is 13.2. The summed E-state index contributed by atoms with van der Waals surface area (Å²) in [5, 5.41) is 2.82. The van der Waals surface area contributed by atoms with Crippen LogP contribution in [-0.4, -0.2) is 31.9 Å². The van der Waals surface area contributed by atoms with Crippen LogP contribution in [0.25, 0.3) is 0 Å². The van der Waals surface area contributed by atoms with Crippen LogP contribution >= 0.6 is 0 Å². The van der Waals surface area contributed by atoms with Crippen LogP contribution in [0.1, 0.15) is 27.2 Å². The van der Waals surface area contributed by atoms with Gasteiger partial charge in [-0.3, -0.25) is 9.78 Å². The molecule has 1 atom stereocenters. The van der Waals surface area contributed by atoms with Crippen LogP contribution in [0.2, 0.25) is 0 Å². The summed E-state index contributed by atoms with van der Waals surface area (Å²) in [5.41, 5.74) is 0. The van der Waals surface area contributed by atoms with Gasteiger partial charge in [0.25, 0.3) is 0 Å². The van der Waals surface area contributed by atoms with E-state index in [4.69, 9.17) is 0 Å². The van der Waals surface area contributed by atoms with Crippen LogP contribution in [-0.2, 0) is 14.8 Å². The molecule has 2 N–H and O–H groups in total. The van der Waals surface area contributed by atoms with Gasteiger partial charge in [-0.25, -0.2) is 13.1 Å². The van der Waals surface area contributed by atoms with Gasteiger partial charge in [0.2, 0.25) is 15.9 Å². The van der Waals surface area contributed by atoms with E-state index in [1.54, 1.807) is 6.07 Å². The highest BCUT2D eigenvalue weighted by Crippen LogP contribution is 2.05. The molecular weight excluding hydrogens is 278 g/mol. The number of carbonyl (C=O) groups excluding carboxylic acids is 1. The van der Waals surface area contributed by atoms with Crippen LogP contribution < -0.4 is 10.0 Å². The quantitative estimate of drug-likeness (QED) is 0.783. The first kappa shape index (κ1) is 16.6. The molecule has 0 aliphatic carbocycles. The Balaban J connectivity index is 2.43. The van der Waals surface area contributed by atoms with Crippen LogP contribution in [0.15, 0.2) is 29.4 Å². The Morgan fingerprint density at radius 1 is 1.35 bits per heavy atom. The van der Waals surface area contributed by atoms with Gasteiger partial charge in [0.1, 0.15) is 4.90 Å². The van der Waals surface area contributed by atoms with Crippen molar-refractivity contribution in [2.45, 2.75) is 38.1 Å². The first-order chi connectivity index (χ1) is 9.33. The molecule has 7 heteroatoms. The second-order valence-electron chi connectivity index (χ2n) is 4.94. The van der Waals surface area contributed by atoms with Crippen LogP contribution in [0.5, 0.6) is 0 Å². The average molecular weight is 299 g/mol. The second-order valence-corrected chi connectivity index (χ2v) is 6.70. The van der Waals surface area contributed by atoms with E-state index in [1.807, 2.05) is 20.8 Å². The van der Waals surface area contributed by atoms with E-state index >= 15 is 0 Å². The fourth-order valence-electron chi connectivity index (χ4n) is 1.38. The number of hydrogen-bond donors (Lipinski definition) is 2. The number of hydrogen-bond acceptors (Lipinski definition) is 4. The molecule has 20 heavy (non-hydrogen) atoms. The van der Waals surface area contributed by atoms with Crippen molar-refractivity contribution in [2.75, 3.05) is 6.54 Å². The first-order valence-corrected chi connectivity index (χ1v) is 8.00. The van der Waals surface area contributed by atoms with Crippen molar-refractivity contribution in [3.63, 3.8) is 0 Å². The topological polar surface area (TPSA) is 88.2 Å². The fraction of sp³-hybridized carbons (Fsp3) is 0.538.